The third kappa shape index (κ3) is 5.91. The molecule has 8 nitrogen and oxygen atoms in total. The fraction of sp³-hybridized carbons (Fsp3) is 0.424. The van der Waals surface area contributed by atoms with Crippen LogP contribution in [0.2, 0.25) is 5.02 Å². The van der Waals surface area contributed by atoms with E-state index in [1.165, 1.54) is 0 Å². The molecule has 0 aliphatic heterocycles. The number of carbonyl (C=O) groups excluding carboxylic acids is 1. The van der Waals surface area contributed by atoms with Crippen molar-refractivity contribution in [2.75, 3.05) is 6.61 Å². The number of nitrogens with one attached hydrogen (secondary N) is 2. The highest BCUT2D eigenvalue weighted by atomic mass is 35.5. The second-order valence-electron chi connectivity index (χ2n) is 11.6. The SMILES string of the molecule is Cc1cc(OCCCc2c(C(=O)NC3CCCC(C(=O)O)C3)[nH]c3c(-c4c(C)nn(C)c4C)cccc23)cc(C)c1Cl. The molecule has 9 heteroatoms. The van der Waals surface area contributed by atoms with Crippen molar-refractivity contribution in [3.8, 4) is 16.9 Å². The molecule has 0 spiro atoms. The first-order valence-corrected chi connectivity index (χ1v) is 15.0. The summed E-state index contributed by atoms with van der Waals surface area (Å²) in [5.74, 6) is -0.640. The van der Waals surface area contributed by atoms with Gasteiger partial charge in [0, 0.05) is 40.3 Å². The number of aryl methyl sites for hydroxylation is 5. The van der Waals surface area contributed by atoms with Crippen molar-refractivity contribution in [3.05, 3.63) is 69.1 Å². The third-order valence-electron chi connectivity index (χ3n) is 8.56. The molecule has 3 N–H and O–H groups in total. The van der Waals surface area contributed by atoms with Crippen LogP contribution >= 0.6 is 11.6 Å². The molecule has 42 heavy (non-hydrogen) atoms. The lowest BCUT2D eigenvalue weighted by Crippen LogP contribution is -2.40. The first kappa shape index (κ1) is 29.7. The van der Waals surface area contributed by atoms with Crippen molar-refractivity contribution in [3.63, 3.8) is 0 Å². The molecule has 1 fully saturated rings. The van der Waals surface area contributed by atoms with E-state index in [0.717, 1.165) is 73.7 Å². The number of aromatic nitrogens is 3. The highest BCUT2D eigenvalue weighted by Gasteiger charge is 2.29. The van der Waals surface area contributed by atoms with Gasteiger partial charge in [0.25, 0.3) is 5.91 Å². The second kappa shape index (κ2) is 12.2. The van der Waals surface area contributed by atoms with Crippen molar-refractivity contribution in [2.24, 2.45) is 13.0 Å². The van der Waals surface area contributed by atoms with Gasteiger partial charge < -0.3 is 20.1 Å². The molecule has 0 radical (unpaired) electrons. The van der Waals surface area contributed by atoms with Gasteiger partial charge in [0.05, 0.1) is 23.7 Å². The summed E-state index contributed by atoms with van der Waals surface area (Å²) >= 11 is 6.32. The van der Waals surface area contributed by atoms with Crippen molar-refractivity contribution >= 4 is 34.4 Å². The zero-order valence-electron chi connectivity index (χ0n) is 24.9. The molecule has 2 aromatic heterocycles. The molecule has 0 bridgehead atoms. The minimum absolute atomic E-state index is 0.173. The van der Waals surface area contributed by atoms with Gasteiger partial charge in [-0.3, -0.25) is 14.3 Å². The Kier molecular flexibility index (Phi) is 8.64. The van der Waals surface area contributed by atoms with Crippen LogP contribution in [0.15, 0.2) is 30.3 Å². The van der Waals surface area contributed by atoms with Gasteiger partial charge in [0.15, 0.2) is 0 Å². The second-order valence-corrected chi connectivity index (χ2v) is 11.9. The van der Waals surface area contributed by atoms with E-state index in [2.05, 4.69) is 27.5 Å². The van der Waals surface area contributed by atoms with Gasteiger partial charge >= 0.3 is 5.97 Å². The fourth-order valence-corrected chi connectivity index (χ4v) is 6.44. The lowest BCUT2D eigenvalue weighted by atomic mass is 9.85. The van der Waals surface area contributed by atoms with Crippen molar-refractivity contribution < 1.29 is 19.4 Å². The van der Waals surface area contributed by atoms with Crippen LogP contribution in [0.3, 0.4) is 0 Å². The number of hydrogen-bond donors (Lipinski definition) is 3. The molecule has 222 valence electrons. The quantitative estimate of drug-likeness (QED) is 0.185. The number of hydrogen-bond acceptors (Lipinski definition) is 4. The number of benzene rings is 2. The van der Waals surface area contributed by atoms with Gasteiger partial charge in [0.1, 0.15) is 11.4 Å². The Bertz CT molecular complexity index is 1630. The summed E-state index contributed by atoms with van der Waals surface area (Å²) in [6.45, 7) is 8.46. The van der Waals surface area contributed by atoms with E-state index >= 15 is 0 Å². The number of aromatic amines is 1. The third-order valence-corrected chi connectivity index (χ3v) is 9.15. The Labute approximate surface area is 251 Å². The van der Waals surface area contributed by atoms with Gasteiger partial charge in [-0.05, 0) is 88.6 Å². The van der Waals surface area contributed by atoms with Crippen LogP contribution in [0, 0.1) is 33.6 Å². The number of rotatable bonds is 9. The zero-order valence-corrected chi connectivity index (χ0v) is 25.7. The maximum atomic E-state index is 13.8. The van der Waals surface area contributed by atoms with E-state index in [4.69, 9.17) is 16.3 Å². The van der Waals surface area contributed by atoms with Gasteiger partial charge in [-0.2, -0.15) is 5.10 Å². The highest BCUT2D eigenvalue weighted by molar-refractivity contribution is 6.32. The molecule has 1 amide bonds. The van der Waals surface area contributed by atoms with Gasteiger partial charge in [0.2, 0.25) is 0 Å². The standard InChI is InChI=1S/C33H39ClN4O4/c1-18-15-24(16-19(2)29(18)34)42-14-8-13-26-25-11-7-12-27(28-20(3)37-38(5)21(28)4)30(25)36-31(26)32(39)35-23-10-6-9-22(17-23)33(40)41/h7,11-12,15-16,22-23,36H,6,8-10,13-14,17H2,1-5H3,(H,35,39)(H,40,41). The Morgan fingerprint density at radius 1 is 1.17 bits per heavy atom. The molecule has 2 heterocycles. The van der Waals surface area contributed by atoms with E-state index in [1.54, 1.807) is 0 Å². The lowest BCUT2D eigenvalue weighted by Gasteiger charge is -2.27. The number of carboxylic acids is 1. The molecule has 1 aliphatic rings. The number of fused-ring (bicyclic) bond motifs is 1. The molecule has 1 aliphatic carbocycles. The van der Waals surface area contributed by atoms with Crippen molar-refractivity contribution in [2.45, 2.75) is 72.3 Å². The number of nitrogens with zero attached hydrogens (tertiary/aromatic N) is 2. The number of amides is 1. The van der Waals surface area contributed by atoms with Crippen LogP contribution in [0.25, 0.3) is 22.0 Å². The number of halogens is 1. The van der Waals surface area contributed by atoms with Crippen molar-refractivity contribution in [1.29, 1.82) is 0 Å². The van der Waals surface area contributed by atoms with Crippen LogP contribution in [-0.2, 0) is 18.3 Å². The molecule has 4 aromatic rings. The smallest absolute Gasteiger partial charge is 0.306 e. The van der Waals surface area contributed by atoms with E-state index < -0.39 is 11.9 Å². The van der Waals surface area contributed by atoms with Gasteiger partial charge in [-0.15, -0.1) is 0 Å². The van der Waals surface area contributed by atoms with E-state index in [9.17, 15) is 14.7 Å². The minimum Gasteiger partial charge on any atom is -0.494 e. The zero-order chi connectivity index (χ0) is 30.1. The predicted octanol–water partition coefficient (Wildman–Crippen LogP) is 6.84. The van der Waals surface area contributed by atoms with Crippen LogP contribution in [0.5, 0.6) is 5.75 Å². The summed E-state index contributed by atoms with van der Waals surface area (Å²) in [5, 5.41) is 19.0. The summed E-state index contributed by atoms with van der Waals surface area (Å²) in [6.07, 6.45) is 3.99. The van der Waals surface area contributed by atoms with Crippen LogP contribution in [0.1, 0.15) is 70.7 Å². The normalized spacial score (nSPS) is 17.0. The number of para-hydroxylation sites is 1. The van der Waals surface area contributed by atoms with Gasteiger partial charge in [-0.25, -0.2) is 0 Å². The Morgan fingerprint density at radius 3 is 2.57 bits per heavy atom. The van der Waals surface area contributed by atoms with Gasteiger partial charge in [-0.1, -0.05) is 36.2 Å². The molecular weight excluding hydrogens is 552 g/mol. The summed E-state index contributed by atoms with van der Waals surface area (Å²) in [4.78, 5) is 28.9. The highest BCUT2D eigenvalue weighted by Crippen LogP contribution is 2.36. The topological polar surface area (TPSA) is 109 Å². The Balaban J connectivity index is 1.45. The summed E-state index contributed by atoms with van der Waals surface area (Å²) in [7, 11) is 1.93. The molecule has 1 saturated carbocycles. The number of H-pyrrole nitrogens is 1. The monoisotopic (exact) mass is 590 g/mol. The first-order valence-electron chi connectivity index (χ1n) is 14.6. The average molecular weight is 591 g/mol. The largest absolute Gasteiger partial charge is 0.494 e. The average Bonchev–Trinajstić information content (AvgIpc) is 3.45. The molecule has 2 aromatic carbocycles. The maximum absolute atomic E-state index is 13.8. The summed E-state index contributed by atoms with van der Waals surface area (Å²) in [5.41, 5.74) is 8.33. The van der Waals surface area contributed by atoms with E-state index in [1.807, 2.05) is 57.6 Å². The first-order chi connectivity index (χ1) is 20.0. The number of ether oxygens (including phenoxy) is 1. The Hall–Kier alpha value is -3.78. The predicted molar refractivity (Wildman–Crippen MR) is 166 cm³/mol. The molecule has 0 saturated heterocycles. The molecular formula is C33H39ClN4O4. The van der Waals surface area contributed by atoms with Crippen molar-refractivity contribution in [1.82, 2.24) is 20.1 Å². The fourth-order valence-electron chi connectivity index (χ4n) is 6.33. The maximum Gasteiger partial charge on any atom is 0.306 e. The Morgan fingerprint density at radius 2 is 1.90 bits per heavy atom. The summed E-state index contributed by atoms with van der Waals surface area (Å²) in [6, 6.07) is 9.86. The van der Waals surface area contributed by atoms with Crippen LogP contribution in [0.4, 0.5) is 0 Å². The number of aliphatic carboxylic acids is 1. The lowest BCUT2D eigenvalue weighted by molar-refractivity contribution is -0.143. The summed E-state index contributed by atoms with van der Waals surface area (Å²) < 4.78 is 7.96. The molecule has 5 rings (SSSR count). The van der Waals surface area contributed by atoms with Crippen LogP contribution < -0.4 is 10.1 Å². The molecule has 2 unspecified atom stereocenters. The number of carboxylic acid groups (broad SMARTS) is 1. The molecule has 2 atom stereocenters. The minimum atomic E-state index is -0.793. The number of carbonyl (C=O) groups is 2. The van der Waals surface area contributed by atoms with E-state index in [0.29, 0.717) is 38.0 Å². The van der Waals surface area contributed by atoms with E-state index in [-0.39, 0.29) is 11.9 Å². The van der Waals surface area contributed by atoms with Crippen LogP contribution in [-0.4, -0.2) is 44.4 Å².